The molecule has 0 aliphatic heterocycles. The number of hydrogen-bond donors (Lipinski definition) is 1. The fraction of sp³-hybridized carbons (Fsp3) is 0.174. The number of carbonyl (C=O) groups excluding carboxylic acids is 1. The van der Waals surface area contributed by atoms with Crippen molar-refractivity contribution in [2.75, 3.05) is 19.0 Å². The number of amides is 1. The Morgan fingerprint density at radius 2 is 1.57 bits per heavy atom. The Bertz CT molecular complexity index is 908. The van der Waals surface area contributed by atoms with E-state index in [-0.39, 0.29) is 12.5 Å². The molecule has 3 aromatic carbocycles. The molecule has 28 heavy (non-hydrogen) atoms. The van der Waals surface area contributed by atoms with Gasteiger partial charge in [0.15, 0.2) is 6.61 Å². The van der Waals surface area contributed by atoms with Gasteiger partial charge in [-0.05, 0) is 54.4 Å². The SMILES string of the molecule is COc1ccc(C)cc1NC(=O)COc1ccc(OCc2ccccc2)cc1. The summed E-state index contributed by atoms with van der Waals surface area (Å²) in [5.41, 5.74) is 2.76. The lowest BCUT2D eigenvalue weighted by atomic mass is 10.2. The Morgan fingerprint density at radius 1 is 0.893 bits per heavy atom. The van der Waals surface area contributed by atoms with Crippen molar-refractivity contribution < 1.29 is 19.0 Å². The summed E-state index contributed by atoms with van der Waals surface area (Å²) >= 11 is 0. The zero-order valence-corrected chi connectivity index (χ0v) is 16.0. The molecule has 0 saturated carbocycles. The molecule has 0 fully saturated rings. The van der Waals surface area contributed by atoms with E-state index < -0.39 is 0 Å². The van der Waals surface area contributed by atoms with Gasteiger partial charge in [0, 0.05) is 0 Å². The summed E-state index contributed by atoms with van der Waals surface area (Å²) in [4.78, 5) is 12.2. The van der Waals surface area contributed by atoms with E-state index in [4.69, 9.17) is 14.2 Å². The minimum Gasteiger partial charge on any atom is -0.495 e. The number of nitrogens with one attached hydrogen (secondary N) is 1. The maximum atomic E-state index is 12.2. The lowest BCUT2D eigenvalue weighted by molar-refractivity contribution is -0.118. The number of benzene rings is 3. The predicted molar refractivity (Wildman–Crippen MR) is 109 cm³/mol. The molecule has 0 aliphatic carbocycles. The smallest absolute Gasteiger partial charge is 0.262 e. The van der Waals surface area contributed by atoms with E-state index in [1.54, 1.807) is 19.2 Å². The van der Waals surface area contributed by atoms with E-state index >= 15 is 0 Å². The summed E-state index contributed by atoms with van der Waals surface area (Å²) in [7, 11) is 1.57. The third-order valence-electron chi connectivity index (χ3n) is 4.07. The van der Waals surface area contributed by atoms with Crippen molar-refractivity contribution in [3.05, 3.63) is 83.9 Å². The number of methoxy groups -OCH3 is 1. The van der Waals surface area contributed by atoms with Crippen LogP contribution in [0.3, 0.4) is 0 Å². The summed E-state index contributed by atoms with van der Waals surface area (Å²) in [5.74, 6) is 1.69. The van der Waals surface area contributed by atoms with Gasteiger partial charge in [-0.25, -0.2) is 0 Å². The highest BCUT2D eigenvalue weighted by Crippen LogP contribution is 2.25. The Kier molecular flexibility index (Phi) is 6.52. The van der Waals surface area contributed by atoms with Crippen molar-refractivity contribution in [2.24, 2.45) is 0 Å². The van der Waals surface area contributed by atoms with Crippen LogP contribution >= 0.6 is 0 Å². The molecule has 0 heterocycles. The zero-order valence-electron chi connectivity index (χ0n) is 16.0. The molecule has 3 rings (SSSR count). The van der Waals surface area contributed by atoms with Gasteiger partial charge in [0.1, 0.15) is 23.9 Å². The second kappa shape index (κ2) is 9.46. The van der Waals surface area contributed by atoms with Crippen molar-refractivity contribution in [2.45, 2.75) is 13.5 Å². The van der Waals surface area contributed by atoms with Crippen molar-refractivity contribution in [1.29, 1.82) is 0 Å². The van der Waals surface area contributed by atoms with Crippen LogP contribution in [0.25, 0.3) is 0 Å². The Labute approximate surface area is 164 Å². The largest absolute Gasteiger partial charge is 0.495 e. The fourth-order valence-corrected chi connectivity index (χ4v) is 2.63. The lowest BCUT2D eigenvalue weighted by Crippen LogP contribution is -2.20. The molecule has 0 spiro atoms. The van der Waals surface area contributed by atoms with Gasteiger partial charge in [0.05, 0.1) is 12.8 Å². The highest BCUT2D eigenvalue weighted by atomic mass is 16.5. The molecule has 0 unspecified atom stereocenters. The van der Waals surface area contributed by atoms with Crippen molar-refractivity contribution >= 4 is 11.6 Å². The second-order valence-electron chi connectivity index (χ2n) is 6.29. The minimum absolute atomic E-state index is 0.0959. The highest BCUT2D eigenvalue weighted by Gasteiger charge is 2.09. The van der Waals surface area contributed by atoms with Crippen LogP contribution in [0.15, 0.2) is 72.8 Å². The lowest BCUT2D eigenvalue weighted by Gasteiger charge is -2.12. The maximum absolute atomic E-state index is 12.2. The maximum Gasteiger partial charge on any atom is 0.262 e. The van der Waals surface area contributed by atoms with Crippen LogP contribution in [-0.2, 0) is 11.4 Å². The van der Waals surface area contributed by atoms with Crippen molar-refractivity contribution in [3.8, 4) is 17.2 Å². The van der Waals surface area contributed by atoms with Crippen LogP contribution in [-0.4, -0.2) is 19.6 Å². The third kappa shape index (κ3) is 5.51. The molecule has 3 aromatic rings. The van der Waals surface area contributed by atoms with E-state index in [9.17, 15) is 4.79 Å². The Balaban J connectivity index is 1.49. The predicted octanol–water partition coefficient (Wildman–Crippen LogP) is 4.60. The van der Waals surface area contributed by atoms with Crippen molar-refractivity contribution in [3.63, 3.8) is 0 Å². The first kappa shape index (κ1) is 19.3. The molecule has 5 nitrogen and oxygen atoms in total. The van der Waals surface area contributed by atoms with E-state index in [1.807, 2.05) is 67.6 Å². The zero-order chi connectivity index (χ0) is 19.8. The summed E-state index contributed by atoms with van der Waals surface area (Å²) < 4.78 is 16.6. The molecule has 1 N–H and O–H groups in total. The van der Waals surface area contributed by atoms with Gasteiger partial charge < -0.3 is 19.5 Å². The van der Waals surface area contributed by atoms with Gasteiger partial charge in [-0.2, -0.15) is 0 Å². The van der Waals surface area contributed by atoms with Gasteiger partial charge in [0.25, 0.3) is 5.91 Å². The molecule has 1 amide bonds. The van der Waals surface area contributed by atoms with Crippen molar-refractivity contribution in [1.82, 2.24) is 0 Å². The fourth-order valence-electron chi connectivity index (χ4n) is 2.63. The molecule has 0 aliphatic rings. The molecular formula is C23H23NO4. The average molecular weight is 377 g/mol. The first-order valence-electron chi connectivity index (χ1n) is 8.98. The molecule has 0 atom stereocenters. The number of rotatable bonds is 8. The topological polar surface area (TPSA) is 56.8 Å². The van der Waals surface area contributed by atoms with E-state index in [0.717, 1.165) is 16.9 Å². The second-order valence-corrected chi connectivity index (χ2v) is 6.29. The average Bonchev–Trinajstić information content (AvgIpc) is 2.72. The normalized spacial score (nSPS) is 10.2. The number of hydrogen-bond acceptors (Lipinski definition) is 4. The highest BCUT2D eigenvalue weighted by molar-refractivity contribution is 5.93. The monoisotopic (exact) mass is 377 g/mol. The van der Waals surface area contributed by atoms with Crippen LogP contribution in [0.2, 0.25) is 0 Å². The number of ether oxygens (including phenoxy) is 3. The number of aryl methyl sites for hydroxylation is 1. The molecule has 0 radical (unpaired) electrons. The van der Waals surface area contributed by atoms with Crippen LogP contribution in [0, 0.1) is 6.92 Å². The summed E-state index contributed by atoms with van der Waals surface area (Å²) in [6.07, 6.45) is 0. The minimum atomic E-state index is -0.256. The number of anilines is 1. The van der Waals surface area contributed by atoms with Crippen LogP contribution in [0.5, 0.6) is 17.2 Å². The van der Waals surface area contributed by atoms with Gasteiger partial charge in [-0.1, -0.05) is 36.4 Å². The summed E-state index contributed by atoms with van der Waals surface area (Å²) in [6.45, 7) is 2.36. The van der Waals surface area contributed by atoms with Crippen LogP contribution in [0.4, 0.5) is 5.69 Å². The quantitative estimate of drug-likeness (QED) is 0.623. The molecule has 0 bridgehead atoms. The summed E-state index contributed by atoms with van der Waals surface area (Å²) in [5, 5.41) is 2.81. The van der Waals surface area contributed by atoms with E-state index in [0.29, 0.717) is 23.8 Å². The standard InChI is InChI=1S/C23H23NO4/c1-17-8-13-22(26-2)21(14-17)24-23(25)16-28-20-11-9-19(10-12-20)27-15-18-6-4-3-5-7-18/h3-14H,15-16H2,1-2H3,(H,24,25). The molecule has 144 valence electrons. The summed E-state index contributed by atoms with van der Waals surface area (Å²) in [6, 6.07) is 22.8. The van der Waals surface area contributed by atoms with Gasteiger partial charge in [-0.15, -0.1) is 0 Å². The first-order valence-corrected chi connectivity index (χ1v) is 8.98. The van der Waals surface area contributed by atoms with E-state index in [1.165, 1.54) is 0 Å². The van der Waals surface area contributed by atoms with E-state index in [2.05, 4.69) is 5.32 Å². The molecular weight excluding hydrogens is 354 g/mol. The Hall–Kier alpha value is -3.47. The molecule has 5 heteroatoms. The third-order valence-corrected chi connectivity index (χ3v) is 4.07. The van der Waals surface area contributed by atoms with Gasteiger partial charge >= 0.3 is 0 Å². The van der Waals surface area contributed by atoms with Crippen LogP contribution < -0.4 is 19.5 Å². The van der Waals surface area contributed by atoms with Gasteiger partial charge in [-0.3, -0.25) is 4.79 Å². The first-order chi connectivity index (χ1) is 13.6. The molecule has 0 aromatic heterocycles. The Morgan fingerprint density at radius 3 is 2.25 bits per heavy atom. The van der Waals surface area contributed by atoms with Crippen LogP contribution in [0.1, 0.15) is 11.1 Å². The number of carbonyl (C=O) groups is 1. The van der Waals surface area contributed by atoms with Gasteiger partial charge in [0.2, 0.25) is 0 Å². The molecule has 0 saturated heterocycles.